The van der Waals surface area contributed by atoms with Crippen molar-refractivity contribution >= 4 is 22.8 Å². The van der Waals surface area contributed by atoms with Crippen molar-refractivity contribution in [3.8, 4) is 28.3 Å². The number of alkyl halides is 2. The molecule has 0 bridgehead atoms. The van der Waals surface area contributed by atoms with Gasteiger partial charge in [0.25, 0.3) is 6.43 Å². The molecular formula is C23H21F2N5O2. The molecule has 0 aliphatic heterocycles. The molecule has 7 nitrogen and oxygen atoms in total. The first-order chi connectivity index (χ1) is 15.3. The molecule has 1 amide bonds. The summed E-state index contributed by atoms with van der Waals surface area (Å²) in [7, 11) is 0. The summed E-state index contributed by atoms with van der Waals surface area (Å²) >= 11 is 0. The number of aromatic nitrogens is 4. The van der Waals surface area contributed by atoms with Crippen LogP contribution in [0.3, 0.4) is 0 Å². The van der Waals surface area contributed by atoms with Crippen molar-refractivity contribution in [2.45, 2.75) is 33.3 Å². The quantitative estimate of drug-likeness (QED) is 0.423. The van der Waals surface area contributed by atoms with Crippen molar-refractivity contribution < 1.29 is 18.3 Å². The van der Waals surface area contributed by atoms with Crippen LogP contribution in [0.1, 0.15) is 32.9 Å². The maximum atomic E-state index is 13.3. The Kier molecular flexibility index (Phi) is 5.81. The van der Waals surface area contributed by atoms with Gasteiger partial charge in [-0.3, -0.25) is 9.78 Å². The van der Waals surface area contributed by atoms with E-state index in [9.17, 15) is 13.6 Å². The van der Waals surface area contributed by atoms with Gasteiger partial charge in [-0.2, -0.15) is 0 Å². The molecule has 0 fully saturated rings. The summed E-state index contributed by atoms with van der Waals surface area (Å²) in [5.74, 6) is 0.690. The highest BCUT2D eigenvalue weighted by Gasteiger charge is 2.20. The number of anilines is 1. The van der Waals surface area contributed by atoms with Crippen molar-refractivity contribution in [2.75, 3.05) is 5.32 Å². The number of nitrogens with zero attached hydrogens (tertiary/aromatic N) is 3. The van der Waals surface area contributed by atoms with Crippen molar-refractivity contribution in [3.05, 3.63) is 54.5 Å². The summed E-state index contributed by atoms with van der Waals surface area (Å²) < 4.78 is 32.4. The smallest absolute Gasteiger partial charge is 0.280 e. The van der Waals surface area contributed by atoms with Crippen LogP contribution in [0, 0.1) is 0 Å². The minimum atomic E-state index is -2.70. The number of pyridine rings is 3. The van der Waals surface area contributed by atoms with Crippen molar-refractivity contribution in [3.63, 3.8) is 0 Å². The molecule has 164 valence electrons. The number of H-pyrrole nitrogens is 1. The van der Waals surface area contributed by atoms with Gasteiger partial charge in [-0.15, -0.1) is 0 Å². The van der Waals surface area contributed by atoms with Crippen LogP contribution < -0.4 is 10.1 Å². The summed E-state index contributed by atoms with van der Waals surface area (Å²) in [6, 6.07) is 9.74. The molecule has 0 atom stereocenters. The third-order valence-electron chi connectivity index (χ3n) is 4.58. The first-order valence-electron chi connectivity index (χ1n) is 9.99. The fourth-order valence-electron chi connectivity index (χ4n) is 3.41. The molecule has 0 aromatic carbocycles. The Bertz CT molecular complexity index is 1290. The van der Waals surface area contributed by atoms with Crippen LogP contribution in [-0.2, 0) is 4.79 Å². The molecule has 0 aliphatic carbocycles. The first kappa shape index (κ1) is 21.4. The molecule has 0 unspecified atom stereocenters. The number of carbonyl (C=O) groups is 1. The lowest BCUT2D eigenvalue weighted by Crippen LogP contribution is -2.07. The average molecular weight is 437 g/mol. The molecule has 0 spiro atoms. The lowest BCUT2D eigenvalue weighted by atomic mass is 10.0. The van der Waals surface area contributed by atoms with Crippen LogP contribution in [0.5, 0.6) is 5.75 Å². The molecule has 0 saturated heterocycles. The van der Waals surface area contributed by atoms with Crippen LogP contribution in [0.25, 0.3) is 33.5 Å². The zero-order valence-corrected chi connectivity index (χ0v) is 17.7. The third kappa shape index (κ3) is 4.41. The van der Waals surface area contributed by atoms with Gasteiger partial charge in [0.15, 0.2) is 0 Å². The Hall–Kier alpha value is -3.88. The van der Waals surface area contributed by atoms with E-state index in [1.165, 1.54) is 19.1 Å². The van der Waals surface area contributed by atoms with Gasteiger partial charge in [0.1, 0.15) is 17.3 Å². The van der Waals surface area contributed by atoms with Crippen molar-refractivity contribution in [2.24, 2.45) is 0 Å². The van der Waals surface area contributed by atoms with E-state index in [2.05, 4.69) is 25.3 Å². The number of hydrogen-bond donors (Lipinski definition) is 2. The number of ether oxygens (including phenoxy) is 1. The molecule has 4 heterocycles. The SMILES string of the molecule is CC(=O)Nc1cc(-c2[nH]c3cc(OC(C)C)cnc3c2-c2cccc(C(F)F)n2)ccn1. The fraction of sp³-hybridized carbons (Fsp3) is 0.217. The highest BCUT2D eigenvalue weighted by molar-refractivity contribution is 6.01. The minimum absolute atomic E-state index is 0.0343. The van der Waals surface area contributed by atoms with Crippen molar-refractivity contribution in [1.82, 2.24) is 19.9 Å². The van der Waals surface area contributed by atoms with Crippen LogP contribution in [0.2, 0.25) is 0 Å². The number of carbonyl (C=O) groups excluding carboxylic acids is 1. The van der Waals surface area contributed by atoms with E-state index < -0.39 is 6.43 Å². The molecule has 4 aromatic heterocycles. The second-order valence-electron chi connectivity index (χ2n) is 7.47. The number of hydrogen-bond acceptors (Lipinski definition) is 5. The lowest BCUT2D eigenvalue weighted by molar-refractivity contribution is -0.114. The predicted octanol–water partition coefficient (Wildman–Crippen LogP) is 5.37. The number of rotatable bonds is 6. The molecule has 0 radical (unpaired) electrons. The zero-order chi connectivity index (χ0) is 22.8. The van der Waals surface area contributed by atoms with Gasteiger partial charge in [0, 0.05) is 24.8 Å². The predicted molar refractivity (Wildman–Crippen MR) is 118 cm³/mol. The number of halogens is 2. The highest BCUT2D eigenvalue weighted by atomic mass is 19.3. The Balaban J connectivity index is 1.94. The van der Waals surface area contributed by atoms with Gasteiger partial charge >= 0.3 is 0 Å². The van der Waals surface area contributed by atoms with Crippen LogP contribution in [0.4, 0.5) is 14.6 Å². The van der Waals surface area contributed by atoms with E-state index in [1.54, 1.807) is 30.6 Å². The Morgan fingerprint density at radius 3 is 2.69 bits per heavy atom. The summed E-state index contributed by atoms with van der Waals surface area (Å²) in [5.41, 5.74) is 3.12. The molecule has 2 N–H and O–H groups in total. The summed E-state index contributed by atoms with van der Waals surface area (Å²) in [5, 5.41) is 2.65. The summed E-state index contributed by atoms with van der Waals surface area (Å²) in [6.07, 6.45) is 0.415. The van der Waals surface area contributed by atoms with Gasteiger partial charge in [-0.05, 0) is 38.1 Å². The minimum Gasteiger partial charge on any atom is -0.489 e. The molecule has 0 saturated carbocycles. The van der Waals surface area contributed by atoms with Crippen LogP contribution >= 0.6 is 0 Å². The Labute approximate surface area is 182 Å². The van der Waals surface area contributed by atoms with Crippen molar-refractivity contribution in [1.29, 1.82) is 0 Å². The van der Waals surface area contributed by atoms with E-state index in [0.717, 1.165) is 0 Å². The topological polar surface area (TPSA) is 92.8 Å². The van der Waals surface area contributed by atoms with Crippen LogP contribution in [0.15, 0.2) is 48.8 Å². The largest absolute Gasteiger partial charge is 0.489 e. The van der Waals surface area contributed by atoms with Gasteiger partial charge in [0.2, 0.25) is 5.91 Å². The number of nitrogens with one attached hydrogen (secondary N) is 2. The average Bonchev–Trinajstić information content (AvgIpc) is 3.12. The number of amides is 1. The van der Waals surface area contributed by atoms with E-state index in [1.807, 2.05) is 19.9 Å². The standard InChI is InChI=1S/C23H21F2N5O2/c1-12(2)32-15-10-18-22(27-11-15)20(16-5-4-6-17(29-16)23(24)25)21(30-18)14-7-8-26-19(9-14)28-13(3)31/h4-12,23,30H,1-3H3,(H,26,28,31). The Morgan fingerprint density at radius 1 is 1.16 bits per heavy atom. The normalized spacial score (nSPS) is 11.3. The molecular weight excluding hydrogens is 416 g/mol. The zero-order valence-electron chi connectivity index (χ0n) is 17.7. The molecule has 4 aromatic rings. The second kappa shape index (κ2) is 8.70. The molecule has 9 heteroatoms. The van der Waals surface area contributed by atoms with E-state index in [-0.39, 0.29) is 17.7 Å². The highest BCUT2D eigenvalue weighted by Crippen LogP contribution is 2.38. The number of aromatic amines is 1. The first-order valence-corrected chi connectivity index (χ1v) is 9.99. The van der Waals surface area contributed by atoms with Crippen LogP contribution in [-0.4, -0.2) is 31.9 Å². The van der Waals surface area contributed by atoms with Gasteiger partial charge < -0.3 is 15.0 Å². The third-order valence-corrected chi connectivity index (χ3v) is 4.58. The number of fused-ring (bicyclic) bond motifs is 1. The van der Waals surface area contributed by atoms with E-state index in [4.69, 9.17) is 4.74 Å². The van der Waals surface area contributed by atoms with Gasteiger partial charge in [-0.25, -0.2) is 18.7 Å². The fourth-order valence-corrected chi connectivity index (χ4v) is 3.41. The van der Waals surface area contributed by atoms with E-state index in [0.29, 0.717) is 45.1 Å². The van der Waals surface area contributed by atoms with E-state index >= 15 is 0 Å². The maximum absolute atomic E-state index is 13.3. The Morgan fingerprint density at radius 2 is 1.97 bits per heavy atom. The maximum Gasteiger partial charge on any atom is 0.280 e. The van der Waals surface area contributed by atoms with Gasteiger partial charge in [-0.1, -0.05) is 6.07 Å². The molecule has 4 rings (SSSR count). The molecule has 0 aliphatic rings. The lowest BCUT2D eigenvalue weighted by Gasteiger charge is -2.09. The molecule has 32 heavy (non-hydrogen) atoms. The summed E-state index contributed by atoms with van der Waals surface area (Å²) in [4.78, 5) is 27.6. The summed E-state index contributed by atoms with van der Waals surface area (Å²) in [6.45, 7) is 5.22. The second-order valence-corrected chi connectivity index (χ2v) is 7.47. The monoisotopic (exact) mass is 437 g/mol. The van der Waals surface area contributed by atoms with Gasteiger partial charge in [0.05, 0.1) is 40.3 Å².